The normalized spacial score (nSPS) is 14.4. The SMILES string of the molecule is CCCCNC(=NCc1ccc2c(c1)OCCCO2)NCC. The van der Waals surface area contributed by atoms with Crippen LogP contribution >= 0.6 is 0 Å². The number of rotatable bonds is 6. The van der Waals surface area contributed by atoms with Crippen molar-refractivity contribution in [1.29, 1.82) is 0 Å². The molecule has 0 radical (unpaired) electrons. The van der Waals surface area contributed by atoms with Crippen LogP contribution in [0.1, 0.15) is 38.7 Å². The third kappa shape index (κ3) is 5.13. The Morgan fingerprint density at radius 1 is 1.14 bits per heavy atom. The minimum Gasteiger partial charge on any atom is -0.490 e. The molecule has 22 heavy (non-hydrogen) atoms. The first-order valence-electron chi connectivity index (χ1n) is 8.24. The van der Waals surface area contributed by atoms with E-state index in [0.717, 1.165) is 55.6 Å². The number of aliphatic imine (C=N–C) groups is 1. The maximum atomic E-state index is 5.72. The largest absolute Gasteiger partial charge is 0.490 e. The van der Waals surface area contributed by atoms with Gasteiger partial charge in [-0.2, -0.15) is 0 Å². The lowest BCUT2D eigenvalue weighted by molar-refractivity contribution is 0.297. The summed E-state index contributed by atoms with van der Waals surface area (Å²) in [5.41, 5.74) is 1.12. The molecule has 0 spiro atoms. The predicted molar refractivity (Wildman–Crippen MR) is 89.8 cm³/mol. The van der Waals surface area contributed by atoms with E-state index < -0.39 is 0 Å². The highest BCUT2D eigenvalue weighted by molar-refractivity contribution is 5.79. The van der Waals surface area contributed by atoms with Crippen molar-refractivity contribution in [2.45, 2.75) is 39.7 Å². The van der Waals surface area contributed by atoms with Crippen molar-refractivity contribution in [2.24, 2.45) is 4.99 Å². The second-order valence-electron chi connectivity index (χ2n) is 5.31. The average Bonchev–Trinajstić information content (AvgIpc) is 2.77. The highest BCUT2D eigenvalue weighted by Gasteiger charge is 2.10. The summed E-state index contributed by atoms with van der Waals surface area (Å²) in [7, 11) is 0. The highest BCUT2D eigenvalue weighted by atomic mass is 16.5. The van der Waals surface area contributed by atoms with E-state index in [2.05, 4.69) is 29.5 Å². The van der Waals surface area contributed by atoms with Crippen LogP contribution in [0.25, 0.3) is 0 Å². The summed E-state index contributed by atoms with van der Waals surface area (Å²) < 4.78 is 11.4. The zero-order valence-electron chi connectivity index (χ0n) is 13.7. The van der Waals surface area contributed by atoms with E-state index in [1.54, 1.807) is 0 Å². The van der Waals surface area contributed by atoms with Gasteiger partial charge in [0.1, 0.15) is 0 Å². The molecule has 5 heteroatoms. The number of nitrogens with zero attached hydrogens (tertiary/aromatic N) is 1. The number of benzene rings is 1. The summed E-state index contributed by atoms with van der Waals surface area (Å²) >= 11 is 0. The molecule has 2 rings (SSSR count). The van der Waals surface area contributed by atoms with E-state index in [9.17, 15) is 0 Å². The maximum absolute atomic E-state index is 5.72. The van der Waals surface area contributed by atoms with E-state index in [1.165, 1.54) is 6.42 Å². The van der Waals surface area contributed by atoms with E-state index in [1.807, 2.05) is 18.2 Å². The molecule has 2 N–H and O–H groups in total. The van der Waals surface area contributed by atoms with E-state index in [4.69, 9.17) is 9.47 Å². The molecule has 1 aliphatic heterocycles. The van der Waals surface area contributed by atoms with Gasteiger partial charge < -0.3 is 20.1 Å². The van der Waals surface area contributed by atoms with Crippen LogP contribution < -0.4 is 20.1 Å². The van der Waals surface area contributed by atoms with Gasteiger partial charge in [-0.3, -0.25) is 0 Å². The fourth-order valence-corrected chi connectivity index (χ4v) is 2.20. The molecular weight excluding hydrogens is 278 g/mol. The Balaban J connectivity index is 1.98. The fraction of sp³-hybridized carbons (Fsp3) is 0.588. The number of unbranched alkanes of at least 4 members (excludes halogenated alkanes) is 1. The summed E-state index contributed by atoms with van der Waals surface area (Å²) in [6.07, 6.45) is 3.25. The number of ether oxygens (including phenoxy) is 2. The molecule has 122 valence electrons. The molecule has 1 aromatic carbocycles. The van der Waals surface area contributed by atoms with Crippen molar-refractivity contribution in [3.05, 3.63) is 23.8 Å². The Bertz CT molecular complexity index is 489. The smallest absolute Gasteiger partial charge is 0.191 e. The van der Waals surface area contributed by atoms with Gasteiger partial charge in [-0.05, 0) is 31.0 Å². The van der Waals surface area contributed by atoms with Gasteiger partial charge in [0.25, 0.3) is 0 Å². The Morgan fingerprint density at radius 2 is 1.95 bits per heavy atom. The number of nitrogens with one attached hydrogen (secondary N) is 2. The zero-order chi connectivity index (χ0) is 15.6. The van der Waals surface area contributed by atoms with Gasteiger partial charge in [0.2, 0.25) is 0 Å². The predicted octanol–water partition coefficient (Wildman–Crippen LogP) is 2.70. The van der Waals surface area contributed by atoms with Crippen molar-refractivity contribution in [3.63, 3.8) is 0 Å². The molecule has 0 unspecified atom stereocenters. The van der Waals surface area contributed by atoms with Crippen LogP contribution in [0, 0.1) is 0 Å². The lowest BCUT2D eigenvalue weighted by atomic mass is 10.2. The molecule has 1 aromatic rings. The van der Waals surface area contributed by atoms with Gasteiger partial charge in [-0.25, -0.2) is 4.99 Å². The molecule has 0 saturated heterocycles. The number of hydrogen-bond acceptors (Lipinski definition) is 3. The van der Waals surface area contributed by atoms with Gasteiger partial charge in [0.15, 0.2) is 17.5 Å². The first-order valence-corrected chi connectivity index (χ1v) is 8.24. The van der Waals surface area contributed by atoms with Crippen molar-refractivity contribution in [3.8, 4) is 11.5 Å². The number of fused-ring (bicyclic) bond motifs is 1. The Kier molecular flexibility index (Phi) is 6.87. The second-order valence-corrected chi connectivity index (χ2v) is 5.31. The van der Waals surface area contributed by atoms with Gasteiger partial charge in [-0.1, -0.05) is 19.4 Å². The summed E-state index contributed by atoms with van der Waals surface area (Å²) in [5, 5.41) is 6.61. The van der Waals surface area contributed by atoms with Gasteiger partial charge in [0, 0.05) is 19.5 Å². The summed E-state index contributed by atoms with van der Waals surface area (Å²) in [6.45, 7) is 8.12. The summed E-state index contributed by atoms with van der Waals surface area (Å²) in [5.74, 6) is 2.52. The monoisotopic (exact) mass is 305 g/mol. The van der Waals surface area contributed by atoms with Crippen molar-refractivity contribution < 1.29 is 9.47 Å². The Labute approximate surface area is 133 Å². The molecule has 0 amide bonds. The molecule has 5 nitrogen and oxygen atoms in total. The van der Waals surface area contributed by atoms with Gasteiger partial charge >= 0.3 is 0 Å². The minimum atomic E-state index is 0.623. The Hall–Kier alpha value is -1.91. The maximum Gasteiger partial charge on any atom is 0.191 e. The molecular formula is C17H27N3O2. The van der Waals surface area contributed by atoms with Crippen LogP contribution in [0.3, 0.4) is 0 Å². The second kappa shape index (κ2) is 9.18. The van der Waals surface area contributed by atoms with E-state index in [0.29, 0.717) is 13.2 Å². The van der Waals surface area contributed by atoms with E-state index >= 15 is 0 Å². The molecule has 0 atom stereocenters. The van der Waals surface area contributed by atoms with Crippen LogP contribution in [-0.2, 0) is 6.54 Å². The van der Waals surface area contributed by atoms with Gasteiger partial charge in [-0.15, -0.1) is 0 Å². The Morgan fingerprint density at radius 3 is 2.73 bits per heavy atom. The molecule has 0 bridgehead atoms. The first kappa shape index (κ1) is 16.5. The minimum absolute atomic E-state index is 0.623. The summed E-state index contributed by atoms with van der Waals surface area (Å²) in [4.78, 5) is 4.63. The van der Waals surface area contributed by atoms with Crippen molar-refractivity contribution in [1.82, 2.24) is 10.6 Å². The van der Waals surface area contributed by atoms with Crippen LogP contribution in [-0.4, -0.2) is 32.3 Å². The zero-order valence-corrected chi connectivity index (χ0v) is 13.7. The van der Waals surface area contributed by atoms with Crippen LogP contribution in [0.5, 0.6) is 11.5 Å². The molecule has 1 heterocycles. The van der Waals surface area contributed by atoms with Crippen LogP contribution in [0.15, 0.2) is 23.2 Å². The van der Waals surface area contributed by atoms with Crippen LogP contribution in [0.4, 0.5) is 0 Å². The fourth-order valence-electron chi connectivity index (χ4n) is 2.20. The quantitative estimate of drug-likeness (QED) is 0.482. The standard InChI is InChI=1S/C17H27N3O2/c1-3-5-9-19-17(18-4-2)20-13-14-7-8-15-16(12-14)22-11-6-10-21-15/h7-8,12H,3-6,9-11,13H2,1-2H3,(H2,18,19,20). The number of hydrogen-bond donors (Lipinski definition) is 2. The third-order valence-corrected chi connectivity index (χ3v) is 3.40. The third-order valence-electron chi connectivity index (χ3n) is 3.40. The average molecular weight is 305 g/mol. The lowest BCUT2D eigenvalue weighted by Crippen LogP contribution is -2.37. The van der Waals surface area contributed by atoms with E-state index in [-0.39, 0.29) is 0 Å². The van der Waals surface area contributed by atoms with Crippen LogP contribution in [0.2, 0.25) is 0 Å². The summed E-state index contributed by atoms with van der Waals surface area (Å²) in [6, 6.07) is 6.05. The topological polar surface area (TPSA) is 54.9 Å². The number of guanidine groups is 1. The lowest BCUT2D eigenvalue weighted by Gasteiger charge is -2.11. The molecule has 0 aliphatic carbocycles. The molecule has 1 aliphatic rings. The van der Waals surface area contributed by atoms with Gasteiger partial charge in [0.05, 0.1) is 19.8 Å². The molecule has 0 saturated carbocycles. The first-order chi connectivity index (χ1) is 10.8. The van der Waals surface area contributed by atoms with Crippen molar-refractivity contribution in [2.75, 3.05) is 26.3 Å². The van der Waals surface area contributed by atoms with Crippen molar-refractivity contribution >= 4 is 5.96 Å². The highest BCUT2D eigenvalue weighted by Crippen LogP contribution is 2.30. The molecule has 0 aromatic heterocycles. The molecule has 0 fully saturated rings.